The van der Waals surface area contributed by atoms with Crippen molar-refractivity contribution in [1.82, 2.24) is 10.2 Å². The maximum atomic E-state index is 11.0. The summed E-state index contributed by atoms with van der Waals surface area (Å²) in [6.07, 6.45) is 13.2. The van der Waals surface area contributed by atoms with E-state index >= 15 is 0 Å². The smallest absolute Gasteiger partial charge is 0.0618 e. The number of hydrogen-bond donors (Lipinski definition) is 2. The largest absolute Gasteiger partial charge is 0.392 e. The van der Waals surface area contributed by atoms with Crippen molar-refractivity contribution in [2.24, 2.45) is 40.4 Å². The van der Waals surface area contributed by atoms with Crippen LogP contribution >= 0.6 is 0 Å². The van der Waals surface area contributed by atoms with Crippen LogP contribution in [-0.2, 0) is 0 Å². The van der Waals surface area contributed by atoms with Crippen LogP contribution in [0.3, 0.4) is 0 Å². The lowest BCUT2D eigenvalue weighted by atomic mass is 9.46. The number of aliphatic hydroxyl groups is 1. The first kappa shape index (κ1) is 20.5. The van der Waals surface area contributed by atoms with Gasteiger partial charge in [0.15, 0.2) is 0 Å². The van der Waals surface area contributed by atoms with E-state index in [1.165, 1.54) is 44.9 Å². The summed E-state index contributed by atoms with van der Waals surface area (Å²) in [7, 11) is 0. The third-order valence-corrected chi connectivity index (χ3v) is 10.7. The monoisotopic (exact) mass is 400 g/mol. The molecule has 5 aliphatic rings. The Morgan fingerprint density at radius 2 is 1.86 bits per heavy atom. The van der Waals surface area contributed by atoms with Crippen LogP contribution in [-0.4, -0.2) is 48.8 Å². The Kier molecular flexibility index (Phi) is 5.40. The maximum Gasteiger partial charge on any atom is 0.0618 e. The average Bonchev–Trinajstić information content (AvgIpc) is 3.07. The number of fused-ring (bicyclic) bond motifs is 5. The number of allylic oxidation sites excluding steroid dienone is 1. The number of hydrogen-bond acceptors (Lipinski definition) is 3. The Morgan fingerprint density at radius 3 is 2.62 bits per heavy atom. The normalized spacial score (nSPS) is 50.4. The highest BCUT2D eigenvalue weighted by Crippen LogP contribution is 2.67. The Hall–Kier alpha value is -0.380. The molecule has 3 heteroatoms. The van der Waals surface area contributed by atoms with E-state index in [-0.39, 0.29) is 6.10 Å². The fourth-order valence-electron chi connectivity index (χ4n) is 9.05. The second kappa shape index (κ2) is 7.64. The van der Waals surface area contributed by atoms with Crippen LogP contribution in [0.25, 0.3) is 0 Å². The molecule has 0 radical (unpaired) electrons. The summed E-state index contributed by atoms with van der Waals surface area (Å²) in [6, 6.07) is 0. The van der Waals surface area contributed by atoms with Gasteiger partial charge in [0, 0.05) is 38.6 Å². The van der Waals surface area contributed by atoms with Crippen molar-refractivity contribution >= 4 is 0 Å². The zero-order valence-electron chi connectivity index (χ0n) is 19.1. The van der Waals surface area contributed by atoms with Crippen LogP contribution in [0.2, 0.25) is 0 Å². The van der Waals surface area contributed by atoms with Crippen LogP contribution in [0, 0.1) is 40.4 Å². The lowest BCUT2D eigenvalue weighted by molar-refractivity contribution is -0.0628. The lowest BCUT2D eigenvalue weighted by Crippen LogP contribution is -2.54. The molecule has 29 heavy (non-hydrogen) atoms. The van der Waals surface area contributed by atoms with Crippen molar-refractivity contribution < 1.29 is 5.11 Å². The van der Waals surface area contributed by atoms with Gasteiger partial charge in [-0.1, -0.05) is 38.8 Å². The Morgan fingerprint density at radius 1 is 1.07 bits per heavy atom. The SMILES string of the molecule is CC[C@H]1CC[C@H]2[C@@H]3CC=C4C(CN5CCNCC5)[C@@H](O)CC[C@]4(C)[C@H]3CC[C@]12C. The fraction of sp³-hybridized carbons (Fsp3) is 0.923. The quantitative estimate of drug-likeness (QED) is 0.686. The molecule has 0 aromatic rings. The van der Waals surface area contributed by atoms with E-state index < -0.39 is 0 Å². The standard InChI is InChI=1S/C26H44N2O/c1-4-18-5-7-21-19-6-8-22-20(17-28-15-13-27-14-16-28)24(29)10-12-26(22,3)23(19)9-11-25(18,21)2/h8,18-21,23-24,27,29H,4-7,9-17H2,1-3H3/t18-,19-,20?,21-,23-,24-,25+,26-/m0/s1. The average molecular weight is 401 g/mol. The van der Waals surface area contributed by atoms with E-state index in [1.54, 1.807) is 5.57 Å². The molecule has 0 aromatic carbocycles. The van der Waals surface area contributed by atoms with Crippen molar-refractivity contribution in [2.45, 2.75) is 78.2 Å². The molecule has 3 nitrogen and oxygen atoms in total. The molecule has 0 aromatic heterocycles. The summed E-state index contributed by atoms with van der Waals surface area (Å²) in [5, 5.41) is 14.5. The molecule has 3 saturated carbocycles. The number of nitrogens with one attached hydrogen (secondary N) is 1. The van der Waals surface area contributed by atoms with Crippen molar-refractivity contribution in [3.8, 4) is 0 Å². The van der Waals surface area contributed by atoms with Gasteiger partial charge >= 0.3 is 0 Å². The van der Waals surface area contributed by atoms with Crippen LogP contribution in [0.5, 0.6) is 0 Å². The highest BCUT2D eigenvalue weighted by Gasteiger charge is 2.59. The van der Waals surface area contributed by atoms with Gasteiger partial charge in [-0.25, -0.2) is 0 Å². The Bertz CT molecular complexity index is 641. The number of rotatable bonds is 3. The molecule has 2 N–H and O–H groups in total. The topological polar surface area (TPSA) is 35.5 Å². The van der Waals surface area contributed by atoms with Gasteiger partial charge in [-0.05, 0) is 79.4 Å². The minimum atomic E-state index is -0.134. The molecule has 1 aliphatic heterocycles. The molecular weight excluding hydrogens is 356 g/mol. The summed E-state index contributed by atoms with van der Waals surface area (Å²) >= 11 is 0. The molecule has 0 bridgehead atoms. The molecule has 0 spiro atoms. The highest BCUT2D eigenvalue weighted by atomic mass is 16.3. The predicted octanol–water partition coefficient (Wildman–Crippen LogP) is 4.47. The van der Waals surface area contributed by atoms with Gasteiger partial charge < -0.3 is 15.3 Å². The highest BCUT2D eigenvalue weighted by molar-refractivity contribution is 5.28. The first-order valence-electron chi connectivity index (χ1n) is 12.8. The van der Waals surface area contributed by atoms with Gasteiger partial charge in [-0.3, -0.25) is 0 Å². The molecule has 1 unspecified atom stereocenters. The van der Waals surface area contributed by atoms with Crippen LogP contribution < -0.4 is 5.32 Å². The van der Waals surface area contributed by atoms with Gasteiger partial charge in [0.2, 0.25) is 0 Å². The molecule has 4 aliphatic carbocycles. The zero-order valence-corrected chi connectivity index (χ0v) is 19.1. The molecule has 1 saturated heterocycles. The first-order chi connectivity index (χ1) is 14.0. The lowest BCUT2D eigenvalue weighted by Gasteiger charge is -2.59. The number of aliphatic hydroxyl groups excluding tert-OH is 1. The van der Waals surface area contributed by atoms with Crippen molar-refractivity contribution in [3.05, 3.63) is 11.6 Å². The van der Waals surface area contributed by atoms with Crippen LogP contribution in [0.15, 0.2) is 11.6 Å². The van der Waals surface area contributed by atoms with E-state index in [0.717, 1.165) is 62.8 Å². The van der Waals surface area contributed by atoms with Crippen molar-refractivity contribution in [3.63, 3.8) is 0 Å². The molecule has 164 valence electrons. The van der Waals surface area contributed by atoms with Gasteiger partial charge in [-0.15, -0.1) is 0 Å². The third kappa shape index (κ3) is 3.17. The van der Waals surface area contributed by atoms with E-state index in [2.05, 4.69) is 37.1 Å². The van der Waals surface area contributed by atoms with E-state index in [0.29, 0.717) is 16.7 Å². The maximum absolute atomic E-state index is 11.0. The van der Waals surface area contributed by atoms with Crippen molar-refractivity contribution in [2.75, 3.05) is 32.7 Å². The van der Waals surface area contributed by atoms with Gasteiger partial charge in [0.25, 0.3) is 0 Å². The summed E-state index contributed by atoms with van der Waals surface area (Å²) in [4.78, 5) is 2.60. The minimum absolute atomic E-state index is 0.134. The van der Waals surface area contributed by atoms with E-state index in [9.17, 15) is 5.11 Å². The van der Waals surface area contributed by atoms with E-state index in [1.807, 2.05) is 0 Å². The van der Waals surface area contributed by atoms with Gasteiger partial charge in [0.1, 0.15) is 0 Å². The van der Waals surface area contributed by atoms with Gasteiger partial charge in [0.05, 0.1) is 6.10 Å². The predicted molar refractivity (Wildman–Crippen MR) is 120 cm³/mol. The van der Waals surface area contributed by atoms with Crippen LogP contribution in [0.4, 0.5) is 0 Å². The number of nitrogens with zero attached hydrogens (tertiary/aromatic N) is 1. The second-order valence-electron chi connectivity index (χ2n) is 11.7. The minimum Gasteiger partial charge on any atom is -0.392 e. The summed E-state index contributed by atoms with van der Waals surface area (Å²) in [5.74, 6) is 4.02. The van der Waals surface area contributed by atoms with Crippen molar-refractivity contribution in [1.29, 1.82) is 0 Å². The van der Waals surface area contributed by atoms with Crippen LogP contribution in [0.1, 0.15) is 72.1 Å². The molecule has 4 fully saturated rings. The fourth-order valence-corrected chi connectivity index (χ4v) is 9.05. The third-order valence-electron chi connectivity index (χ3n) is 10.7. The molecule has 8 atom stereocenters. The first-order valence-corrected chi connectivity index (χ1v) is 12.8. The van der Waals surface area contributed by atoms with Gasteiger partial charge in [-0.2, -0.15) is 0 Å². The summed E-state index contributed by atoms with van der Waals surface area (Å²) in [6.45, 7) is 13.2. The summed E-state index contributed by atoms with van der Waals surface area (Å²) in [5.41, 5.74) is 2.60. The summed E-state index contributed by atoms with van der Waals surface area (Å²) < 4.78 is 0. The zero-order chi connectivity index (χ0) is 20.2. The second-order valence-corrected chi connectivity index (χ2v) is 11.7. The van der Waals surface area contributed by atoms with E-state index in [4.69, 9.17) is 0 Å². The molecule has 1 heterocycles. The number of piperazine rings is 1. The Balaban J connectivity index is 1.41. The molecule has 0 amide bonds. The molecule has 5 rings (SSSR count). The molecular formula is C26H44N2O. The Labute approximate surface area is 178 Å².